The van der Waals surface area contributed by atoms with E-state index in [0.717, 1.165) is 12.1 Å². The van der Waals surface area contributed by atoms with Crippen LogP contribution in [0, 0.1) is 0 Å². The Labute approximate surface area is 120 Å². The van der Waals surface area contributed by atoms with Gasteiger partial charge in [-0.05, 0) is 56.0 Å². The van der Waals surface area contributed by atoms with E-state index < -0.39 is 0 Å². The molecule has 3 nitrogen and oxygen atoms in total. The number of thioether (sulfide) groups is 1. The summed E-state index contributed by atoms with van der Waals surface area (Å²) in [6.45, 7) is 3.01. The van der Waals surface area contributed by atoms with Crippen LogP contribution < -0.4 is 5.32 Å². The Morgan fingerprint density at radius 1 is 1.05 bits per heavy atom. The third kappa shape index (κ3) is 6.73. The van der Waals surface area contributed by atoms with Crippen molar-refractivity contribution in [1.82, 2.24) is 5.32 Å². The van der Waals surface area contributed by atoms with Crippen LogP contribution >= 0.6 is 11.8 Å². The second kappa shape index (κ2) is 9.10. The summed E-state index contributed by atoms with van der Waals surface area (Å²) in [5.41, 5.74) is 0.917. The van der Waals surface area contributed by atoms with Crippen molar-refractivity contribution in [1.29, 1.82) is 0 Å². The molecule has 3 N–H and O–H groups in total. The highest BCUT2D eigenvalue weighted by Crippen LogP contribution is 2.24. The molecule has 1 rings (SSSR count). The Morgan fingerprint density at radius 3 is 2.32 bits per heavy atom. The van der Waals surface area contributed by atoms with Crippen LogP contribution in [0.3, 0.4) is 0 Å². The van der Waals surface area contributed by atoms with Crippen molar-refractivity contribution in [3.8, 4) is 11.5 Å². The molecule has 0 radical (unpaired) electrons. The van der Waals surface area contributed by atoms with E-state index in [1.807, 2.05) is 18.7 Å². The number of rotatable bonds is 9. The molecular formula is C15H25NO2S. The molecule has 0 bridgehead atoms. The quantitative estimate of drug-likeness (QED) is 0.605. The topological polar surface area (TPSA) is 52.5 Å². The average Bonchev–Trinajstić information content (AvgIpc) is 2.36. The monoisotopic (exact) mass is 283 g/mol. The molecule has 0 saturated carbocycles. The van der Waals surface area contributed by atoms with Gasteiger partial charge in [0, 0.05) is 12.1 Å². The molecule has 0 fully saturated rings. The third-order valence-electron chi connectivity index (χ3n) is 3.15. The Morgan fingerprint density at radius 2 is 1.68 bits per heavy atom. The molecule has 1 atom stereocenters. The zero-order valence-electron chi connectivity index (χ0n) is 11.9. The summed E-state index contributed by atoms with van der Waals surface area (Å²) < 4.78 is 0. The second-order valence-electron chi connectivity index (χ2n) is 4.87. The first kappa shape index (κ1) is 16.2. The lowest BCUT2D eigenvalue weighted by Crippen LogP contribution is -2.19. The fraction of sp³-hybridized carbons (Fsp3) is 0.600. The molecule has 0 saturated heterocycles. The first-order valence-electron chi connectivity index (χ1n) is 6.88. The smallest absolute Gasteiger partial charge is 0.119 e. The van der Waals surface area contributed by atoms with Crippen LogP contribution in [-0.4, -0.2) is 28.8 Å². The zero-order valence-corrected chi connectivity index (χ0v) is 12.7. The van der Waals surface area contributed by atoms with E-state index in [1.54, 1.807) is 12.1 Å². The number of hydrogen-bond donors (Lipinski definition) is 3. The van der Waals surface area contributed by atoms with Crippen molar-refractivity contribution in [2.45, 2.75) is 38.6 Å². The molecule has 0 heterocycles. The van der Waals surface area contributed by atoms with E-state index >= 15 is 0 Å². The van der Waals surface area contributed by atoms with Gasteiger partial charge in [-0.3, -0.25) is 0 Å². The minimum absolute atomic E-state index is 0.112. The molecule has 0 aromatic heterocycles. The van der Waals surface area contributed by atoms with Crippen LogP contribution in [0.15, 0.2) is 18.2 Å². The van der Waals surface area contributed by atoms with Crippen molar-refractivity contribution in [3.05, 3.63) is 23.8 Å². The summed E-state index contributed by atoms with van der Waals surface area (Å²) in [6.07, 6.45) is 7.17. The molecule has 19 heavy (non-hydrogen) atoms. The van der Waals surface area contributed by atoms with Gasteiger partial charge in [0.05, 0.1) is 0 Å². The number of phenolic OH excluding ortho intramolecular Hbond substituents is 2. The standard InChI is InChI=1S/C15H25NO2S/c1-12(13-9-14(17)11-15(18)10-13)16-7-5-3-4-6-8-19-2/h9-12,16-18H,3-8H2,1-2H3. The maximum atomic E-state index is 9.45. The van der Waals surface area contributed by atoms with Gasteiger partial charge in [-0.15, -0.1) is 0 Å². The molecular weight excluding hydrogens is 258 g/mol. The highest BCUT2D eigenvalue weighted by atomic mass is 32.2. The Bertz CT molecular complexity index is 351. The van der Waals surface area contributed by atoms with E-state index in [-0.39, 0.29) is 17.5 Å². The number of benzene rings is 1. The van der Waals surface area contributed by atoms with Gasteiger partial charge >= 0.3 is 0 Å². The lowest BCUT2D eigenvalue weighted by atomic mass is 10.1. The van der Waals surface area contributed by atoms with E-state index in [4.69, 9.17) is 0 Å². The summed E-state index contributed by atoms with van der Waals surface area (Å²) in [7, 11) is 0. The number of phenols is 2. The Hall–Kier alpha value is -0.870. The molecule has 108 valence electrons. The van der Waals surface area contributed by atoms with E-state index in [1.165, 1.54) is 37.5 Å². The van der Waals surface area contributed by atoms with Crippen molar-refractivity contribution in [2.75, 3.05) is 18.6 Å². The SMILES string of the molecule is CSCCCCCCNC(C)c1cc(O)cc(O)c1. The van der Waals surface area contributed by atoms with Crippen molar-refractivity contribution in [3.63, 3.8) is 0 Å². The molecule has 1 aromatic rings. The summed E-state index contributed by atoms with van der Waals surface area (Å²) in [5, 5.41) is 22.3. The Kier molecular flexibility index (Phi) is 7.75. The van der Waals surface area contributed by atoms with Crippen LogP contribution in [0.25, 0.3) is 0 Å². The predicted octanol–water partition coefficient (Wildman–Crippen LogP) is 3.67. The molecule has 0 aliphatic rings. The largest absolute Gasteiger partial charge is 0.508 e. The van der Waals surface area contributed by atoms with Gasteiger partial charge in [-0.25, -0.2) is 0 Å². The van der Waals surface area contributed by atoms with Crippen molar-refractivity contribution in [2.24, 2.45) is 0 Å². The predicted molar refractivity (Wildman–Crippen MR) is 83.0 cm³/mol. The second-order valence-corrected chi connectivity index (χ2v) is 5.85. The van der Waals surface area contributed by atoms with Crippen LogP contribution in [0.1, 0.15) is 44.2 Å². The van der Waals surface area contributed by atoms with E-state index in [0.29, 0.717) is 0 Å². The van der Waals surface area contributed by atoms with Gasteiger partial charge in [0.1, 0.15) is 11.5 Å². The summed E-state index contributed by atoms with van der Waals surface area (Å²) in [5.74, 6) is 1.48. The van der Waals surface area contributed by atoms with Gasteiger partial charge in [0.25, 0.3) is 0 Å². The number of unbranched alkanes of at least 4 members (excludes halogenated alkanes) is 3. The van der Waals surface area contributed by atoms with Gasteiger partial charge in [0.15, 0.2) is 0 Å². The lowest BCUT2D eigenvalue weighted by molar-refractivity contribution is 0.445. The molecule has 0 spiro atoms. The van der Waals surface area contributed by atoms with Crippen LogP contribution in [0.5, 0.6) is 11.5 Å². The summed E-state index contributed by atoms with van der Waals surface area (Å²) in [6, 6.07) is 4.87. The normalized spacial score (nSPS) is 12.5. The molecule has 0 aliphatic heterocycles. The molecule has 1 unspecified atom stereocenters. The summed E-state index contributed by atoms with van der Waals surface area (Å²) in [4.78, 5) is 0. The highest BCUT2D eigenvalue weighted by molar-refractivity contribution is 7.98. The van der Waals surface area contributed by atoms with E-state index in [9.17, 15) is 10.2 Å². The molecule has 0 aliphatic carbocycles. The van der Waals surface area contributed by atoms with Gasteiger partial charge in [0.2, 0.25) is 0 Å². The van der Waals surface area contributed by atoms with Crippen molar-refractivity contribution >= 4 is 11.8 Å². The first-order valence-corrected chi connectivity index (χ1v) is 8.28. The molecule has 0 amide bonds. The van der Waals surface area contributed by atoms with Crippen LogP contribution in [0.4, 0.5) is 0 Å². The van der Waals surface area contributed by atoms with E-state index in [2.05, 4.69) is 11.6 Å². The summed E-state index contributed by atoms with van der Waals surface area (Å²) >= 11 is 1.91. The number of hydrogen-bond acceptors (Lipinski definition) is 4. The maximum absolute atomic E-state index is 9.45. The molecule has 4 heteroatoms. The number of nitrogens with one attached hydrogen (secondary N) is 1. The van der Waals surface area contributed by atoms with Crippen molar-refractivity contribution < 1.29 is 10.2 Å². The maximum Gasteiger partial charge on any atom is 0.119 e. The highest BCUT2D eigenvalue weighted by Gasteiger charge is 2.07. The third-order valence-corrected chi connectivity index (χ3v) is 3.85. The molecule has 1 aromatic carbocycles. The van der Waals surface area contributed by atoms with Crippen LogP contribution in [-0.2, 0) is 0 Å². The Balaban J connectivity index is 2.22. The first-order chi connectivity index (χ1) is 9.13. The average molecular weight is 283 g/mol. The van der Waals surface area contributed by atoms with Gasteiger partial charge in [-0.2, -0.15) is 11.8 Å². The fourth-order valence-electron chi connectivity index (χ4n) is 2.03. The van der Waals surface area contributed by atoms with Crippen LogP contribution in [0.2, 0.25) is 0 Å². The lowest BCUT2D eigenvalue weighted by Gasteiger charge is -2.15. The fourth-order valence-corrected chi connectivity index (χ4v) is 2.52. The zero-order chi connectivity index (χ0) is 14.1. The minimum Gasteiger partial charge on any atom is -0.508 e. The number of aromatic hydroxyl groups is 2. The van der Waals surface area contributed by atoms with Gasteiger partial charge in [-0.1, -0.05) is 12.8 Å². The minimum atomic E-state index is 0.112. The van der Waals surface area contributed by atoms with Gasteiger partial charge < -0.3 is 15.5 Å².